The van der Waals surface area contributed by atoms with Crippen molar-refractivity contribution in [1.82, 2.24) is 9.88 Å². The summed E-state index contributed by atoms with van der Waals surface area (Å²) in [5, 5.41) is 2.79. The van der Waals surface area contributed by atoms with E-state index >= 15 is 0 Å². The number of ketones is 1. The van der Waals surface area contributed by atoms with E-state index in [-0.39, 0.29) is 18.5 Å². The zero-order valence-corrected chi connectivity index (χ0v) is 11.2. The van der Waals surface area contributed by atoms with Crippen LogP contribution in [0.3, 0.4) is 0 Å². The molecule has 2 rings (SSSR count). The minimum Gasteiger partial charge on any atom is -0.381 e. The molecule has 1 N–H and O–H groups in total. The van der Waals surface area contributed by atoms with E-state index in [9.17, 15) is 22.8 Å². The number of alkyl halides is 3. The van der Waals surface area contributed by atoms with Crippen LogP contribution in [0.2, 0.25) is 0 Å². The number of Topliss-reactive ketones (excluding diaryl/α,β-unsaturated/α-hetero) is 1. The lowest BCUT2D eigenvalue weighted by atomic mass is 10.1. The summed E-state index contributed by atoms with van der Waals surface area (Å²) < 4.78 is 43.2. The number of rotatable bonds is 4. The Morgan fingerprint density at radius 2 is 2.00 bits per heavy atom. The summed E-state index contributed by atoms with van der Waals surface area (Å²) in [4.78, 5) is 22.8. The van der Waals surface area contributed by atoms with E-state index in [0.29, 0.717) is 13.2 Å². The summed E-state index contributed by atoms with van der Waals surface area (Å²) in [6.45, 7) is 1.04. The van der Waals surface area contributed by atoms with Crippen LogP contribution in [0.15, 0.2) is 18.5 Å². The fraction of sp³-hybridized carbons (Fsp3) is 0.538. The van der Waals surface area contributed by atoms with Gasteiger partial charge in [-0.05, 0) is 18.9 Å². The Labute approximate surface area is 119 Å². The smallest absolute Gasteiger partial charge is 0.381 e. The lowest BCUT2D eigenvalue weighted by Crippen LogP contribution is -2.40. The summed E-state index contributed by atoms with van der Waals surface area (Å²) in [5.41, 5.74) is -0.471. The summed E-state index contributed by atoms with van der Waals surface area (Å²) in [6.07, 6.45) is -1.16. The molecule has 1 aliphatic rings. The molecule has 21 heavy (non-hydrogen) atoms. The maximum Gasteiger partial charge on any atom is 0.454 e. The molecule has 1 aliphatic heterocycles. The molecule has 8 heteroatoms. The standard InChI is InChI=1S/C13H15F3N2O3/c14-13(15,16)12(20)9-1-4-18(7-9)8-11(19)17-10-2-5-21-6-3-10/h1,4,7,10H,2-3,5-6,8H2,(H,17,19). The molecule has 0 atom stereocenters. The molecule has 0 saturated carbocycles. The first-order valence-corrected chi connectivity index (χ1v) is 6.50. The van der Waals surface area contributed by atoms with Crippen LogP contribution in [0.4, 0.5) is 13.2 Å². The zero-order chi connectivity index (χ0) is 15.5. The van der Waals surface area contributed by atoms with Gasteiger partial charge in [-0.2, -0.15) is 13.2 Å². The number of amides is 1. The van der Waals surface area contributed by atoms with E-state index in [0.717, 1.165) is 25.1 Å². The minimum absolute atomic E-state index is 0.0260. The van der Waals surface area contributed by atoms with Crippen LogP contribution >= 0.6 is 0 Å². The molecular weight excluding hydrogens is 289 g/mol. The van der Waals surface area contributed by atoms with E-state index in [2.05, 4.69) is 5.32 Å². The second-order valence-electron chi connectivity index (χ2n) is 4.85. The Morgan fingerprint density at radius 1 is 1.33 bits per heavy atom. The highest BCUT2D eigenvalue weighted by atomic mass is 19.4. The Kier molecular flexibility index (Phi) is 4.66. The van der Waals surface area contributed by atoms with Gasteiger partial charge in [0.15, 0.2) is 0 Å². The van der Waals surface area contributed by atoms with Gasteiger partial charge in [-0.1, -0.05) is 0 Å². The third-order valence-electron chi connectivity index (χ3n) is 3.18. The second kappa shape index (κ2) is 6.30. The molecule has 1 fully saturated rings. The predicted molar refractivity (Wildman–Crippen MR) is 66.8 cm³/mol. The van der Waals surface area contributed by atoms with Crippen molar-refractivity contribution < 1.29 is 27.5 Å². The average Bonchev–Trinajstić information content (AvgIpc) is 2.86. The lowest BCUT2D eigenvalue weighted by Gasteiger charge is -2.23. The molecule has 1 aromatic heterocycles. The number of nitrogens with zero attached hydrogens (tertiary/aromatic N) is 1. The summed E-state index contributed by atoms with van der Waals surface area (Å²) in [7, 11) is 0. The second-order valence-corrected chi connectivity index (χ2v) is 4.85. The highest BCUT2D eigenvalue weighted by molar-refractivity contribution is 6.00. The molecule has 0 unspecified atom stereocenters. The largest absolute Gasteiger partial charge is 0.454 e. The summed E-state index contributed by atoms with van der Waals surface area (Å²) in [6, 6.07) is 1.08. The number of nitrogens with one attached hydrogen (secondary N) is 1. The first-order chi connectivity index (χ1) is 9.86. The van der Waals surface area contributed by atoms with E-state index in [1.54, 1.807) is 0 Å². The Morgan fingerprint density at radius 3 is 2.62 bits per heavy atom. The molecule has 0 aliphatic carbocycles. The maximum absolute atomic E-state index is 12.3. The van der Waals surface area contributed by atoms with Crippen molar-refractivity contribution in [2.45, 2.75) is 31.6 Å². The van der Waals surface area contributed by atoms with Gasteiger partial charge in [0.05, 0.1) is 0 Å². The van der Waals surface area contributed by atoms with Gasteiger partial charge >= 0.3 is 6.18 Å². The normalized spacial score (nSPS) is 16.7. The Hall–Kier alpha value is -1.83. The van der Waals surface area contributed by atoms with Crippen LogP contribution < -0.4 is 5.32 Å². The topological polar surface area (TPSA) is 60.3 Å². The number of ether oxygens (including phenoxy) is 1. The number of carbonyl (C=O) groups is 2. The molecule has 0 aromatic carbocycles. The van der Waals surface area contributed by atoms with Crippen molar-refractivity contribution >= 4 is 11.7 Å². The molecule has 2 heterocycles. The van der Waals surface area contributed by atoms with Gasteiger partial charge in [0.1, 0.15) is 6.54 Å². The van der Waals surface area contributed by atoms with Crippen LogP contribution in [0.5, 0.6) is 0 Å². The number of halogens is 3. The fourth-order valence-corrected chi connectivity index (χ4v) is 2.12. The van der Waals surface area contributed by atoms with Crippen LogP contribution in [0.25, 0.3) is 0 Å². The Balaban J connectivity index is 1.90. The monoisotopic (exact) mass is 304 g/mol. The molecular formula is C13H15F3N2O3. The first kappa shape index (κ1) is 15.6. The van der Waals surface area contributed by atoms with Crippen molar-refractivity contribution in [2.75, 3.05) is 13.2 Å². The van der Waals surface area contributed by atoms with Crippen molar-refractivity contribution in [2.24, 2.45) is 0 Å². The number of hydrogen-bond acceptors (Lipinski definition) is 3. The summed E-state index contributed by atoms with van der Waals surface area (Å²) in [5.74, 6) is -2.21. The minimum atomic E-state index is -4.91. The lowest BCUT2D eigenvalue weighted by molar-refractivity contribution is -0.122. The van der Waals surface area contributed by atoms with Gasteiger partial charge < -0.3 is 14.6 Å². The number of aromatic nitrogens is 1. The Bertz CT molecular complexity index is 519. The predicted octanol–water partition coefficient (Wildman–Crippen LogP) is 1.53. The van der Waals surface area contributed by atoms with Crippen molar-refractivity contribution in [1.29, 1.82) is 0 Å². The molecule has 5 nitrogen and oxygen atoms in total. The molecule has 116 valence electrons. The van der Waals surface area contributed by atoms with E-state index in [1.165, 1.54) is 10.8 Å². The average molecular weight is 304 g/mol. The van der Waals surface area contributed by atoms with Crippen molar-refractivity contribution in [3.8, 4) is 0 Å². The molecule has 1 amide bonds. The fourth-order valence-electron chi connectivity index (χ4n) is 2.12. The number of hydrogen-bond donors (Lipinski definition) is 1. The zero-order valence-electron chi connectivity index (χ0n) is 11.2. The molecule has 0 spiro atoms. The number of carbonyl (C=O) groups excluding carboxylic acids is 2. The SMILES string of the molecule is O=C(Cn1ccc(C(=O)C(F)(F)F)c1)NC1CCOCC1. The van der Waals surface area contributed by atoms with Gasteiger partial charge in [-0.15, -0.1) is 0 Å². The van der Waals surface area contributed by atoms with Gasteiger partial charge in [0.25, 0.3) is 5.78 Å². The van der Waals surface area contributed by atoms with Crippen LogP contribution in [-0.4, -0.2) is 41.7 Å². The molecule has 1 aromatic rings. The highest BCUT2D eigenvalue weighted by Crippen LogP contribution is 2.21. The van der Waals surface area contributed by atoms with Crippen LogP contribution in [0, 0.1) is 0 Å². The van der Waals surface area contributed by atoms with Crippen LogP contribution in [-0.2, 0) is 16.1 Å². The van der Waals surface area contributed by atoms with Crippen LogP contribution in [0.1, 0.15) is 23.2 Å². The third kappa shape index (κ3) is 4.32. The van der Waals surface area contributed by atoms with Gasteiger partial charge in [0.2, 0.25) is 5.91 Å². The van der Waals surface area contributed by atoms with Crippen molar-refractivity contribution in [3.63, 3.8) is 0 Å². The van der Waals surface area contributed by atoms with E-state index in [4.69, 9.17) is 4.74 Å². The molecule has 1 saturated heterocycles. The van der Waals surface area contributed by atoms with Gasteiger partial charge in [-0.3, -0.25) is 9.59 Å². The van der Waals surface area contributed by atoms with E-state index < -0.39 is 17.5 Å². The quantitative estimate of drug-likeness (QED) is 0.858. The summed E-state index contributed by atoms with van der Waals surface area (Å²) >= 11 is 0. The first-order valence-electron chi connectivity index (χ1n) is 6.50. The van der Waals surface area contributed by atoms with Gasteiger partial charge in [0, 0.05) is 37.2 Å². The molecule has 0 radical (unpaired) electrons. The highest BCUT2D eigenvalue weighted by Gasteiger charge is 2.39. The van der Waals surface area contributed by atoms with Crippen molar-refractivity contribution in [3.05, 3.63) is 24.0 Å². The molecule has 0 bridgehead atoms. The third-order valence-corrected chi connectivity index (χ3v) is 3.18. The van der Waals surface area contributed by atoms with Gasteiger partial charge in [-0.25, -0.2) is 0 Å². The maximum atomic E-state index is 12.3. The van der Waals surface area contributed by atoms with E-state index in [1.807, 2.05) is 0 Å².